The van der Waals surface area contributed by atoms with Crippen LogP contribution in [0.15, 0.2) is 54.6 Å². The minimum atomic E-state index is -0.560. The van der Waals surface area contributed by atoms with Gasteiger partial charge in [0.2, 0.25) is 0 Å². The number of H-pyrrole nitrogens is 1. The van der Waals surface area contributed by atoms with Crippen LogP contribution in [-0.2, 0) is 18.5 Å². The molecule has 1 aliphatic carbocycles. The summed E-state index contributed by atoms with van der Waals surface area (Å²) in [4.78, 5) is 27.7. The van der Waals surface area contributed by atoms with Crippen molar-refractivity contribution in [3.63, 3.8) is 0 Å². The van der Waals surface area contributed by atoms with Crippen molar-refractivity contribution in [2.24, 2.45) is 0 Å². The molecule has 1 aliphatic heterocycles. The van der Waals surface area contributed by atoms with Crippen LogP contribution in [0.3, 0.4) is 0 Å². The van der Waals surface area contributed by atoms with Crippen molar-refractivity contribution in [2.45, 2.75) is 57.7 Å². The molecule has 0 radical (unpaired) electrons. The highest BCUT2D eigenvalue weighted by atomic mass is 16.2. The van der Waals surface area contributed by atoms with E-state index in [2.05, 4.69) is 39.9 Å². The lowest BCUT2D eigenvalue weighted by atomic mass is 10.0. The Morgan fingerprint density at radius 1 is 1.12 bits per heavy atom. The van der Waals surface area contributed by atoms with Crippen LogP contribution in [0.4, 0.5) is 10.6 Å². The normalized spacial score (nSPS) is 20.3. The quantitative estimate of drug-likeness (QED) is 0.541. The number of hydrogen-bond donors (Lipinski definition) is 3. The fraction of sp³-hybridized carbons (Fsp3) is 0.346. The van der Waals surface area contributed by atoms with Crippen molar-refractivity contribution < 1.29 is 9.59 Å². The maximum Gasteiger partial charge on any atom is 0.318 e. The second kappa shape index (κ2) is 8.06. The standard InChI is InChI=1S/C26H29N5O2/c1-4-16-10-12-18(13-11-16)24(32)28-23-20-15-31(26(2,3)22(20)29-30-23)25(33)27-21-14-19(21)17-8-6-5-7-9-17/h5-13,19,21H,4,14-15H2,1-3H3,(H,27,33)(H2,28,29,30,32)/t19-,21+/m0/s1. The molecule has 7 heteroatoms. The van der Waals surface area contributed by atoms with Gasteiger partial charge >= 0.3 is 6.03 Å². The molecule has 3 N–H and O–H groups in total. The van der Waals surface area contributed by atoms with Crippen LogP contribution < -0.4 is 10.6 Å². The van der Waals surface area contributed by atoms with Crippen molar-refractivity contribution in [3.05, 3.63) is 82.5 Å². The smallest absolute Gasteiger partial charge is 0.318 e. The first-order valence-corrected chi connectivity index (χ1v) is 11.5. The number of rotatable bonds is 5. The maximum atomic E-state index is 13.2. The fourth-order valence-corrected chi connectivity index (χ4v) is 4.68. The minimum Gasteiger partial charge on any atom is -0.335 e. The number of anilines is 1. The van der Waals surface area contributed by atoms with Crippen LogP contribution in [0.25, 0.3) is 0 Å². The Balaban J connectivity index is 1.27. The molecule has 1 aromatic heterocycles. The van der Waals surface area contributed by atoms with Gasteiger partial charge in [-0.15, -0.1) is 0 Å². The number of aromatic nitrogens is 2. The lowest BCUT2D eigenvalue weighted by Gasteiger charge is -2.32. The van der Waals surface area contributed by atoms with Gasteiger partial charge in [-0.25, -0.2) is 4.79 Å². The highest BCUT2D eigenvalue weighted by Gasteiger charge is 2.46. The Kier molecular flexibility index (Phi) is 5.19. The first-order chi connectivity index (χ1) is 15.9. The van der Waals surface area contributed by atoms with E-state index in [0.29, 0.717) is 23.8 Å². The summed E-state index contributed by atoms with van der Waals surface area (Å²) in [5, 5.41) is 13.5. The summed E-state index contributed by atoms with van der Waals surface area (Å²) in [7, 11) is 0. The molecule has 2 aromatic carbocycles. The van der Waals surface area contributed by atoms with E-state index in [0.717, 1.165) is 24.1 Å². The fourth-order valence-electron chi connectivity index (χ4n) is 4.68. The van der Waals surface area contributed by atoms with Gasteiger partial charge in [-0.05, 0) is 49.9 Å². The Hall–Kier alpha value is -3.61. The molecule has 7 nitrogen and oxygen atoms in total. The molecule has 2 aliphatic rings. The molecule has 2 atom stereocenters. The lowest BCUT2D eigenvalue weighted by Crippen LogP contribution is -2.47. The first-order valence-electron chi connectivity index (χ1n) is 11.5. The number of carbonyl (C=O) groups excluding carboxylic acids is 2. The third kappa shape index (κ3) is 3.88. The number of fused-ring (bicyclic) bond motifs is 1. The van der Waals surface area contributed by atoms with Crippen LogP contribution in [0, 0.1) is 0 Å². The molecule has 1 fully saturated rings. The third-order valence-corrected chi connectivity index (χ3v) is 6.90. The van der Waals surface area contributed by atoms with Gasteiger partial charge in [0, 0.05) is 23.1 Å². The monoisotopic (exact) mass is 443 g/mol. The average Bonchev–Trinajstić information content (AvgIpc) is 3.38. The SMILES string of the molecule is CCc1ccc(C(=O)Nc2n[nH]c3c2CN(C(=O)N[C@@H]2C[C@H]2c2ccccc2)C3(C)C)cc1. The number of nitrogens with one attached hydrogen (secondary N) is 3. The van der Waals surface area contributed by atoms with Crippen LogP contribution in [0.2, 0.25) is 0 Å². The number of carbonyl (C=O) groups is 2. The van der Waals surface area contributed by atoms with E-state index in [1.807, 2.05) is 61.2 Å². The predicted octanol–water partition coefficient (Wildman–Crippen LogP) is 4.54. The highest BCUT2D eigenvalue weighted by molar-refractivity contribution is 6.04. The highest BCUT2D eigenvalue weighted by Crippen LogP contribution is 2.43. The van der Waals surface area contributed by atoms with Crippen LogP contribution in [0.5, 0.6) is 0 Å². The second-order valence-corrected chi connectivity index (χ2v) is 9.38. The van der Waals surface area contributed by atoms with Crippen molar-refractivity contribution in [1.82, 2.24) is 20.4 Å². The molecular formula is C26H29N5O2. The summed E-state index contributed by atoms with van der Waals surface area (Å²) in [5.41, 5.74) is 4.16. The van der Waals surface area contributed by atoms with E-state index >= 15 is 0 Å². The first kappa shape index (κ1) is 21.2. The van der Waals surface area contributed by atoms with Crippen molar-refractivity contribution in [3.8, 4) is 0 Å². The molecule has 0 spiro atoms. The van der Waals surface area contributed by atoms with Crippen LogP contribution in [-0.4, -0.2) is 33.1 Å². The second-order valence-electron chi connectivity index (χ2n) is 9.38. The Morgan fingerprint density at radius 2 is 1.85 bits per heavy atom. The van der Waals surface area contributed by atoms with Crippen LogP contribution in [0.1, 0.15) is 65.9 Å². The van der Waals surface area contributed by atoms with Gasteiger partial charge in [-0.2, -0.15) is 5.10 Å². The molecular weight excluding hydrogens is 414 g/mol. The summed E-state index contributed by atoms with van der Waals surface area (Å²) < 4.78 is 0. The predicted molar refractivity (Wildman–Crippen MR) is 127 cm³/mol. The van der Waals surface area contributed by atoms with Gasteiger partial charge in [0.1, 0.15) is 0 Å². The van der Waals surface area contributed by atoms with Gasteiger partial charge in [0.25, 0.3) is 5.91 Å². The Morgan fingerprint density at radius 3 is 2.55 bits per heavy atom. The third-order valence-electron chi connectivity index (χ3n) is 6.90. The molecule has 1 saturated carbocycles. The summed E-state index contributed by atoms with van der Waals surface area (Å²) in [6, 6.07) is 17.9. The van der Waals surface area contributed by atoms with Gasteiger partial charge in [0.15, 0.2) is 5.82 Å². The minimum absolute atomic E-state index is 0.0968. The van der Waals surface area contributed by atoms with Gasteiger partial charge in [-0.1, -0.05) is 49.4 Å². The van der Waals surface area contributed by atoms with Crippen molar-refractivity contribution in [1.29, 1.82) is 0 Å². The zero-order valence-corrected chi connectivity index (χ0v) is 19.2. The molecule has 5 rings (SSSR count). The van der Waals surface area contributed by atoms with Crippen LogP contribution >= 0.6 is 0 Å². The summed E-state index contributed by atoms with van der Waals surface area (Å²) >= 11 is 0. The number of aryl methyl sites for hydroxylation is 1. The molecule has 33 heavy (non-hydrogen) atoms. The number of benzene rings is 2. The molecule has 0 saturated heterocycles. The van der Waals surface area contributed by atoms with E-state index in [1.54, 1.807) is 0 Å². The van der Waals surface area contributed by atoms with E-state index in [-0.39, 0.29) is 18.0 Å². The molecule has 2 heterocycles. The van der Waals surface area contributed by atoms with Gasteiger partial charge in [0.05, 0.1) is 17.8 Å². The maximum absolute atomic E-state index is 13.2. The molecule has 3 amide bonds. The van der Waals surface area contributed by atoms with E-state index in [1.165, 1.54) is 11.1 Å². The van der Waals surface area contributed by atoms with E-state index in [9.17, 15) is 9.59 Å². The van der Waals surface area contributed by atoms with E-state index in [4.69, 9.17) is 0 Å². The lowest BCUT2D eigenvalue weighted by molar-refractivity contribution is 0.102. The molecule has 0 bridgehead atoms. The number of urea groups is 1. The zero-order valence-electron chi connectivity index (χ0n) is 19.2. The average molecular weight is 444 g/mol. The van der Waals surface area contributed by atoms with E-state index < -0.39 is 5.54 Å². The molecule has 3 aromatic rings. The zero-order chi connectivity index (χ0) is 23.2. The Bertz CT molecular complexity index is 1180. The van der Waals surface area contributed by atoms with Gasteiger partial charge in [-0.3, -0.25) is 9.89 Å². The number of aromatic amines is 1. The summed E-state index contributed by atoms with van der Waals surface area (Å²) in [6.45, 7) is 6.45. The summed E-state index contributed by atoms with van der Waals surface area (Å²) in [5.74, 6) is 0.636. The topological polar surface area (TPSA) is 90.1 Å². The van der Waals surface area contributed by atoms with Crippen molar-refractivity contribution in [2.75, 3.05) is 5.32 Å². The molecule has 0 unspecified atom stereocenters. The summed E-state index contributed by atoms with van der Waals surface area (Å²) in [6.07, 6.45) is 1.88. The molecule has 170 valence electrons. The number of nitrogens with zero attached hydrogens (tertiary/aromatic N) is 2. The van der Waals surface area contributed by atoms with Crippen molar-refractivity contribution >= 4 is 17.8 Å². The number of hydrogen-bond acceptors (Lipinski definition) is 3. The Labute approximate surface area is 193 Å². The van der Waals surface area contributed by atoms with Gasteiger partial charge < -0.3 is 15.5 Å². The largest absolute Gasteiger partial charge is 0.335 e. The number of amides is 3.